The minimum absolute atomic E-state index is 0.166. The fourth-order valence-corrected chi connectivity index (χ4v) is 4.11. The largest absolute Gasteiger partial charge is 0.345 e. The molecule has 0 N–H and O–H groups in total. The van der Waals surface area contributed by atoms with Crippen LogP contribution in [0.4, 0.5) is 8.78 Å². The van der Waals surface area contributed by atoms with Gasteiger partial charge in [0.25, 0.3) is 5.91 Å². The molecule has 3 aromatic rings. The second-order valence-corrected chi connectivity index (χ2v) is 8.84. The number of benzene rings is 2. The Bertz CT molecular complexity index is 1210. The highest BCUT2D eigenvalue weighted by atomic mass is 32.2. The molecule has 0 saturated carbocycles. The van der Waals surface area contributed by atoms with Gasteiger partial charge in [0.15, 0.2) is 0 Å². The van der Waals surface area contributed by atoms with Crippen LogP contribution in [-0.4, -0.2) is 54.2 Å². The summed E-state index contributed by atoms with van der Waals surface area (Å²) in [5, 5.41) is 0. The smallest absolute Gasteiger partial charge is 0.253 e. The van der Waals surface area contributed by atoms with Crippen LogP contribution in [0.1, 0.15) is 16.2 Å². The van der Waals surface area contributed by atoms with Crippen molar-refractivity contribution in [2.45, 2.75) is 11.4 Å². The molecule has 0 bridgehead atoms. The quantitative estimate of drug-likeness (QED) is 0.633. The highest BCUT2D eigenvalue weighted by Gasteiger charge is 2.26. The first-order valence-corrected chi connectivity index (χ1v) is 10.0. The van der Waals surface area contributed by atoms with Crippen LogP contribution in [0.3, 0.4) is 0 Å². The van der Waals surface area contributed by atoms with E-state index in [0.29, 0.717) is 28.5 Å². The summed E-state index contributed by atoms with van der Waals surface area (Å²) in [7, 11) is 1.98. The Hall–Kier alpha value is -2.85. The molecule has 0 unspecified atom stereocenters. The zero-order chi connectivity index (χ0) is 21.5. The summed E-state index contributed by atoms with van der Waals surface area (Å²) in [5.41, 5.74) is 1.69. The lowest BCUT2D eigenvalue weighted by Gasteiger charge is -2.17. The second-order valence-electron chi connectivity index (χ2n) is 6.83. The van der Waals surface area contributed by atoms with Gasteiger partial charge in [-0.3, -0.25) is 4.79 Å². The van der Waals surface area contributed by atoms with Gasteiger partial charge in [0.05, 0.1) is 17.6 Å². The fourth-order valence-electron chi connectivity index (χ4n) is 2.91. The van der Waals surface area contributed by atoms with Crippen LogP contribution in [-0.2, 0) is 23.6 Å². The van der Waals surface area contributed by atoms with Crippen LogP contribution in [0.5, 0.6) is 0 Å². The molecule has 0 saturated heterocycles. The Labute approximate surface area is 167 Å². The summed E-state index contributed by atoms with van der Waals surface area (Å²) in [5.74, 6) is -1.67. The number of aryl methyl sites for hydroxylation is 1. The van der Waals surface area contributed by atoms with E-state index in [-0.39, 0.29) is 12.5 Å². The molecule has 0 aliphatic heterocycles. The van der Waals surface area contributed by atoms with E-state index < -0.39 is 26.6 Å². The molecule has 0 radical (unpaired) electrons. The van der Waals surface area contributed by atoms with E-state index in [1.165, 1.54) is 11.9 Å². The van der Waals surface area contributed by atoms with E-state index >= 15 is 0 Å². The highest BCUT2D eigenvalue weighted by molar-refractivity contribution is 7.89. The average Bonchev–Trinajstić information content (AvgIpc) is 2.97. The van der Waals surface area contributed by atoms with Crippen LogP contribution in [0, 0.1) is 11.6 Å². The van der Waals surface area contributed by atoms with E-state index in [1.807, 2.05) is 0 Å². The standard InChI is InChI=1S/C19H20F2N4O3S/c1-23(2)19(26)12-5-8-16-15(9-12)22-18(25(16)4)11-24(3)29(27,28)17-10-13(20)6-7-14(17)21/h5-10H,11H2,1-4H3. The van der Waals surface area contributed by atoms with Gasteiger partial charge >= 0.3 is 0 Å². The van der Waals surface area contributed by atoms with Crippen molar-refractivity contribution in [3.05, 3.63) is 59.4 Å². The molecule has 0 fully saturated rings. The van der Waals surface area contributed by atoms with Crippen molar-refractivity contribution in [2.24, 2.45) is 7.05 Å². The maximum atomic E-state index is 14.0. The predicted octanol–water partition coefficient (Wildman–Crippen LogP) is 2.37. The number of rotatable bonds is 5. The normalized spacial score (nSPS) is 12.0. The lowest BCUT2D eigenvalue weighted by molar-refractivity contribution is 0.0827. The third-order valence-electron chi connectivity index (χ3n) is 4.57. The molecule has 2 aromatic carbocycles. The minimum atomic E-state index is -4.27. The van der Waals surface area contributed by atoms with Crippen molar-refractivity contribution in [3.63, 3.8) is 0 Å². The van der Waals surface area contributed by atoms with Crippen molar-refractivity contribution < 1.29 is 22.0 Å². The molecular weight excluding hydrogens is 402 g/mol. The SMILES string of the molecule is CN(C)C(=O)c1ccc2c(c1)nc(CN(C)S(=O)(=O)c1cc(F)ccc1F)n2C. The van der Waals surface area contributed by atoms with Gasteiger partial charge in [0.2, 0.25) is 10.0 Å². The number of hydrogen-bond donors (Lipinski definition) is 0. The van der Waals surface area contributed by atoms with Gasteiger partial charge in [-0.25, -0.2) is 22.2 Å². The Morgan fingerprint density at radius 3 is 2.45 bits per heavy atom. The Kier molecular flexibility index (Phi) is 5.42. The molecule has 154 valence electrons. The van der Waals surface area contributed by atoms with Crippen molar-refractivity contribution in [1.82, 2.24) is 18.8 Å². The predicted molar refractivity (Wildman–Crippen MR) is 104 cm³/mol. The van der Waals surface area contributed by atoms with Gasteiger partial charge in [-0.2, -0.15) is 4.31 Å². The summed E-state index contributed by atoms with van der Waals surface area (Å²) in [6, 6.07) is 7.29. The Morgan fingerprint density at radius 1 is 1.10 bits per heavy atom. The summed E-state index contributed by atoms with van der Waals surface area (Å²) < 4.78 is 55.4. The van der Waals surface area contributed by atoms with Crippen LogP contribution in [0.2, 0.25) is 0 Å². The van der Waals surface area contributed by atoms with Crippen LogP contribution < -0.4 is 0 Å². The third kappa shape index (κ3) is 3.85. The molecule has 1 heterocycles. The molecule has 1 amide bonds. The van der Waals surface area contributed by atoms with Gasteiger partial charge in [-0.15, -0.1) is 0 Å². The van der Waals surface area contributed by atoms with Crippen molar-refractivity contribution in [3.8, 4) is 0 Å². The maximum absolute atomic E-state index is 14.0. The molecule has 0 aliphatic rings. The number of nitrogens with zero attached hydrogens (tertiary/aromatic N) is 4. The zero-order valence-electron chi connectivity index (χ0n) is 16.3. The van der Waals surface area contributed by atoms with Crippen LogP contribution >= 0.6 is 0 Å². The number of sulfonamides is 1. The molecule has 29 heavy (non-hydrogen) atoms. The van der Waals surface area contributed by atoms with Crippen molar-refractivity contribution >= 4 is 27.0 Å². The highest BCUT2D eigenvalue weighted by Crippen LogP contribution is 2.23. The third-order valence-corrected chi connectivity index (χ3v) is 6.39. The Morgan fingerprint density at radius 2 is 1.79 bits per heavy atom. The number of hydrogen-bond acceptors (Lipinski definition) is 4. The first-order chi connectivity index (χ1) is 13.5. The van der Waals surface area contributed by atoms with E-state index in [0.717, 1.165) is 16.4 Å². The number of halogens is 2. The molecule has 0 aliphatic carbocycles. The monoisotopic (exact) mass is 422 g/mol. The van der Waals surface area contributed by atoms with E-state index in [4.69, 9.17) is 0 Å². The molecular formula is C19H20F2N4O3S. The summed E-state index contributed by atoms with van der Waals surface area (Å²) in [6.07, 6.45) is 0. The minimum Gasteiger partial charge on any atom is -0.345 e. The number of fused-ring (bicyclic) bond motifs is 1. The van der Waals surface area contributed by atoms with Gasteiger partial charge in [0.1, 0.15) is 22.4 Å². The molecule has 1 aromatic heterocycles. The molecule has 10 heteroatoms. The zero-order valence-corrected chi connectivity index (χ0v) is 17.2. The van der Waals surface area contributed by atoms with Crippen LogP contribution in [0.15, 0.2) is 41.3 Å². The van der Waals surface area contributed by atoms with Gasteiger partial charge in [-0.05, 0) is 36.4 Å². The fraction of sp³-hybridized carbons (Fsp3) is 0.263. The average molecular weight is 422 g/mol. The number of amides is 1. The molecule has 0 spiro atoms. The van der Waals surface area contributed by atoms with Crippen molar-refractivity contribution in [2.75, 3.05) is 21.1 Å². The maximum Gasteiger partial charge on any atom is 0.253 e. The molecule has 3 rings (SSSR count). The molecule has 7 nitrogen and oxygen atoms in total. The van der Waals surface area contributed by atoms with E-state index in [1.54, 1.807) is 43.9 Å². The second kappa shape index (κ2) is 7.53. The number of carbonyl (C=O) groups excluding carboxylic acids is 1. The number of aromatic nitrogens is 2. The first kappa shape index (κ1) is 20.9. The summed E-state index contributed by atoms with van der Waals surface area (Å²) >= 11 is 0. The number of carbonyl (C=O) groups is 1. The van der Waals surface area contributed by atoms with Gasteiger partial charge < -0.3 is 9.47 Å². The summed E-state index contributed by atoms with van der Waals surface area (Å²) in [6.45, 7) is -0.166. The van der Waals surface area contributed by atoms with Crippen molar-refractivity contribution in [1.29, 1.82) is 0 Å². The molecule has 0 atom stereocenters. The van der Waals surface area contributed by atoms with Gasteiger partial charge in [0, 0.05) is 33.8 Å². The Balaban J connectivity index is 1.96. The van der Waals surface area contributed by atoms with E-state index in [2.05, 4.69) is 4.98 Å². The lowest BCUT2D eigenvalue weighted by atomic mass is 10.2. The summed E-state index contributed by atoms with van der Waals surface area (Å²) in [4.78, 5) is 17.3. The topological polar surface area (TPSA) is 75.5 Å². The van der Waals surface area contributed by atoms with E-state index in [9.17, 15) is 22.0 Å². The first-order valence-electron chi connectivity index (χ1n) is 8.60. The van der Waals surface area contributed by atoms with Gasteiger partial charge in [-0.1, -0.05) is 0 Å². The lowest BCUT2D eigenvalue weighted by Crippen LogP contribution is -2.28. The van der Waals surface area contributed by atoms with Crippen LogP contribution in [0.25, 0.3) is 11.0 Å². The number of imidazole rings is 1.